The van der Waals surface area contributed by atoms with Crippen molar-refractivity contribution in [1.29, 1.82) is 0 Å². The molecule has 0 saturated heterocycles. The molecule has 3 nitrogen and oxygen atoms in total. The maximum atomic E-state index is 9.46. The van der Waals surface area contributed by atoms with Crippen LogP contribution in [0.1, 0.15) is 11.1 Å². The van der Waals surface area contributed by atoms with Gasteiger partial charge in [-0.3, -0.25) is 0 Å². The fourth-order valence-corrected chi connectivity index (χ4v) is 1.38. The number of aromatic hydroxyl groups is 1. The van der Waals surface area contributed by atoms with Crippen molar-refractivity contribution >= 4 is 0 Å². The van der Waals surface area contributed by atoms with Crippen molar-refractivity contribution in [3.05, 3.63) is 29.3 Å². The van der Waals surface area contributed by atoms with Gasteiger partial charge in [0.25, 0.3) is 0 Å². The van der Waals surface area contributed by atoms with Gasteiger partial charge in [-0.15, -0.1) is 0 Å². The highest BCUT2D eigenvalue weighted by molar-refractivity contribution is 5.36. The third-order valence-electron chi connectivity index (χ3n) is 2.19. The van der Waals surface area contributed by atoms with E-state index in [9.17, 15) is 5.11 Å². The number of phenolic OH excluding ortho intramolecular Hbond substituents is 1. The Morgan fingerprint density at radius 2 is 2.07 bits per heavy atom. The highest BCUT2D eigenvalue weighted by Crippen LogP contribution is 2.18. The molecule has 0 fully saturated rings. The number of rotatable bonds is 5. The zero-order valence-electron chi connectivity index (χ0n) is 8.45. The van der Waals surface area contributed by atoms with E-state index in [-0.39, 0.29) is 12.4 Å². The molecule has 0 aliphatic heterocycles. The summed E-state index contributed by atoms with van der Waals surface area (Å²) in [4.78, 5) is 0. The van der Waals surface area contributed by atoms with E-state index in [1.807, 2.05) is 19.2 Å². The van der Waals surface area contributed by atoms with E-state index in [0.717, 1.165) is 18.5 Å². The van der Waals surface area contributed by atoms with Gasteiger partial charge in [-0.25, -0.2) is 0 Å². The molecule has 0 heterocycles. The summed E-state index contributed by atoms with van der Waals surface area (Å²) in [6.45, 7) is 0.992. The van der Waals surface area contributed by atoms with E-state index >= 15 is 0 Å². The summed E-state index contributed by atoms with van der Waals surface area (Å²) in [6, 6.07) is 5.55. The lowest BCUT2D eigenvalue weighted by molar-refractivity contribution is 0.297. The first-order valence-electron chi connectivity index (χ1n) is 4.84. The van der Waals surface area contributed by atoms with Crippen LogP contribution in [0.4, 0.5) is 0 Å². The molecule has 0 radical (unpaired) electrons. The van der Waals surface area contributed by atoms with Crippen molar-refractivity contribution < 1.29 is 10.2 Å². The molecule has 0 atom stereocenters. The summed E-state index contributed by atoms with van der Waals surface area (Å²) >= 11 is 0. The average molecular weight is 195 g/mol. The Morgan fingerprint density at radius 3 is 2.71 bits per heavy atom. The van der Waals surface area contributed by atoms with Gasteiger partial charge >= 0.3 is 0 Å². The molecule has 1 aromatic rings. The van der Waals surface area contributed by atoms with Gasteiger partial charge in [0.05, 0.1) is 0 Å². The summed E-state index contributed by atoms with van der Waals surface area (Å²) in [7, 11) is 1.91. The number of benzene rings is 1. The number of phenols is 1. The minimum absolute atomic E-state index is 0.0725. The topological polar surface area (TPSA) is 52.5 Å². The fourth-order valence-electron chi connectivity index (χ4n) is 1.38. The summed E-state index contributed by atoms with van der Waals surface area (Å²) in [6.07, 6.45) is 1.45. The Morgan fingerprint density at radius 1 is 1.29 bits per heavy atom. The number of hydrogen-bond acceptors (Lipinski definition) is 3. The number of likely N-dealkylation sites (N-methyl/N-ethyl adjacent to an activating group) is 1. The standard InChI is InChI=1S/C11H17NO2/c1-12-6-4-9-2-3-11(14)10(8-9)5-7-13/h2-3,8,12-14H,4-7H2,1H3. The van der Waals surface area contributed by atoms with Crippen LogP contribution >= 0.6 is 0 Å². The Balaban J connectivity index is 2.72. The average Bonchev–Trinajstić information content (AvgIpc) is 2.19. The predicted octanol–water partition coefficient (Wildman–Crippen LogP) is 0.689. The highest BCUT2D eigenvalue weighted by atomic mass is 16.3. The fraction of sp³-hybridized carbons (Fsp3) is 0.455. The maximum Gasteiger partial charge on any atom is 0.118 e. The largest absolute Gasteiger partial charge is 0.508 e. The van der Waals surface area contributed by atoms with E-state index in [0.29, 0.717) is 6.42 Å². The van der Waals surface area contributed by atoms with Crippen LogP contribution in [0.15, 0.2) is 18.2 Å². The Hall–Kier alpha value is -1.06. The molecule has 3 N–H and O–H groups in total. The Kier molecular flexibility index (Phi) is 4.43. The van der Waals surface area contributed by atoms with Crippen molar-refractivity contribution in [1.82, 2.24) is 5.32 Å². The minimum atomic E-state index is 0.0725. The third kappa shape index (κ3) is 3.01. The van der Waals surface area contributed by atoms with Gasteiger partial charge < -0.3 is 15.5 Å². The molecule has 0 amide bonds. The quantitative estimate of drug-likeness (QED) is 0.648. The van der Waals surface area contributed by atoms with Crippen LogP contribution in [0.3, 0.4) is 0 Å². The number of aliphatic hydroxyl groups is 1. The Labute approximate surface area is 84.4 Å². The molecule has 78 valence electrons. The molecule has 1 aromatic carbocycles. The first-order valence-corrected chi connectivity index (χ1v) is 4.84. The number of nitrogens with one attached hydrogen (secondary N) is 1. The van der Waals surface area contributed by atoms with Crippen molar-refractivity contribution in [2.24, 2.45) is 0 Å². The Bertz CT molecular complexity index is 287. The van der Waals surface area contributed by atoms with E-state index in [2.05, 4.69) is 5.32 Å². The lowest BCUT2D eigenvalue weighted by Crippen LogP contribution is -2.10. The van der Waals surface area contributed by atoms with Crippen LogP contribution in [-0.4, -0.2) is 30.4 Å². The molecule has 0 aliphatic carbocycles. The first kappa shape index (κ1) is 11.0. The molecule has 0 saturated carbocycles. The van der Waals surface area contributed by atoms with Crippen molar-refractivity contribution in [2.45, 2.75) is 12.8 Å². The lowest BCUT2D eigenvalue weighted by atomic mass is 10.1. The molecule has 14 heavy (non-hydrogen) atoms. The van der Waals surface area contributed by atoms with Crippen LogP contribution in [0.5, 0.6) is 5.75 Å². The van der Waals surface area contributed by atoms with E-state index in [4.69, 9.17) is 5.11 Å². The van der Waals surface area contributed by atoms with E-state index in [1.54, 1.807) is 6.07 Å². The van der Waals surface area contributed by atoms with Gasteiger partial charge in [-0.05, 0) is 43.6 Å². The number of aliphatic hydroxyl groups excluding tert-OH is 1. The predicted molar refractivity (Wildman–Crippen MR) is 56.5 cm³/mol. The zero-order valence-corrected chi connectivity index (χ0v) is 8.45. The van der Waals surface area contributed by atoms with Crippen molar-refractivity contribution in [3.63, 3.8) is 0 Å². The number of hydrogen-bond donors (Lipinski definition) is 3. The maximum absolute atomic E-state index is 9.46. The van der Waals surface area contributed by atoms with Crippen LogP contribution in [0.2, 0.25) is 0 Å². The van der Waals surface area contributed by atoms with Gasteiger partial charge in [0.1, 0.15) is 5.75 Å². The van der Waals surface area contributed by atoms with Crippen LogP contribution in [0.25, 0.3) is 0 Å². The second-order valence-corrected chi connectivity index (χ2v) is 3.29. The first-order chi connectivity index (χ1) is 6.77. The molecule has 1 rings (SSSR count). The highest BCUT2D eigenvalue weighted by Gasteiger charge is 2.01. The van der Waals surface area contributed by atoms with Gasteiger partial charge in [-0.1, -0.05) is 12.1 Å². The molecule has 0 unspecified atom stereocenters. The van der Waals surface area contributed by atoms with E-state index < -0.39 is 0 Å². The summed E-state index contributed by atoms with van der Waals surface area (Å²) in [5.41, 5.74) is 2.00. The van der Waals surface area contributed by atoms with Crippen molar-refractivity contribution in [2.75, 3.05) is 20.2 Å². The minimum Gasteiger partial charge on any atom is -0.508 e. The molecule has 0 aliphatic rings. The van der Waals surface area contributed by atoms with Gasteiger partial charge in [0.2, 0.25) is 0 Å². The second kappa shape index (κ2) is 5.62. The van der Waals surface area contributed by atoms with Gasteiger partial charge in [-0.2, -0.15) is 0 Å². The molecule has 0 spiro atoms. The van der Waals surface area contributed by atoms with Crippen LogP contribution in [0, 0.1) is 0 Å². The monoisotopic (exact) mass is 195 g/mol. The lowest BCUT2D eigenvalue weighted by Gasteiger charge is -2.06. The molecule has 0 bridgehead atoms. The zero-order chi connectivity index (χ0) is 10.4. The normalized spacial score (nSPS) is 10.4. The smallest absolute Gasteiger partial charge is 0.118 e. The SMILES string of the molecule is CNCCc1ccc(O)c(CCO)c1. The van der Waals surface area contributed by atoms with Crippen molar-refractivity contribution in [3.8, 4) is 5.75 Å². The molecule has 3 heteroatoms. The van der Waals surface area contributed by atoms with Crippen LogP contribution in [-0.2, 0) is 12.8 Å². The summed E-state index contributed by atoms with van der Waals surface area (Å²) < 4.78 is 0. The van der Waals surface area contributed by atoms with Crippen LogP contribution < -0.4 is 5.32 Å². The van der Waals surface area contributed by atoms with Gasteiger partial charge in [0.15, 0.2) is 0 Å². The van der Waals surface area contributed by atoms with E-state index in [1.165, 1.54) is 5.56 Å². The molecule has 0 aromatic heterocycles. The van der Waals surface area contributed by atoms with Gasteiger partial charge in [0, 0.05) is 6.61 Å². The summed E-state index contributed by atoms with van der Waals surface area (Å²) in [5.74, 6) is 0.271. The summed E-state index contributed by atoms with van der Waals surface area (Å²) in [5, 5.41) is 21.3. The molecular weight excluding hydrogens is 178 g/mol. The third-order valence-corrected chi connectivity index (χ3v) is 2.19. The second-order valence-electron chi connectivity index (χ2n) is 3.29. The molecular formula is C11H17NO2.